The molecule has 3 rings (SSSR count). The maximum atomic E-state index is 11.2. The Morgan fingerprint density at radius 1 is 1.22 bits per heavy atom. The lowest BCUT2D eigenvalue weighted by Gasteiger charge is -2.14. The van der Waals surface area contributed by atoms with E-state index < -0.39 is 18.8 Å². The van der Waals surface area contributed by atoms with Crippen molar-refractivity contribution in [1.82, 2.24) is 10.5 Å². The van der Waals surface area contributed by atoms with E-state index in [0.29, 0.717) is 32.9 Å². The molecule has 0 saturated carbocycles. The summed E-state index contributed by atoms with van der Waals surface area (Å²) >= 11 is 12.8. The number of aliphatic hydroxyl groups is 1. The van der Waals surface area contributed by atoms with Gasteiger partial charge in [0, 0.05) is 16.9 Å². The first-order valence-electron chi connectivity index (χ1n) is 7.78. The number of hydrogen-bond donors (Lipinski definition) is 6. The number of hydrogen-bond acceptors (Lipinski definition) is 8. The van der Waals surface area contributed by atoms with Crippen molar-refractivity contribution in [2.24, 2.45) is 16.6 Å². The summed E-state index contributed by atoms with van der Waals surface area (Å²) in [6.45, 7) is -0.583. The van der Waals surface area contributed by atoms with Gasteiger partial charge in [-0.25, -0.2) is 10.8 Å². The molecule has 0 aliphatic carbocycles. The van der Waals surface area contributed by atoms with E-state index >= 15 is 0 Å². The second-order valence-corrected chi connectivity index (χ2v) is 6.45. The Labute approximate surface area is 164 Å². The first-order valence-corrected chi connectivity index (χ1v) is 8.54. The Hall–Kier alpha value is -2.40. The molecule has 1 aliphatic rings. The number of aliphatic imine (C=N–C) groups is 1. The van der Waals surface area contributed by atoms with Gasteiger partial charge in [-0.3, -0.25) is 16.0 Å². The van der Waals surface area contributed by atoms with Gasteiger partial charge in [-0.2, -0.15) is 0 Å². The summed E-state index contributed by atoms with van der Waals surface area (Å²) in [5.41, 5.74) is 11.0. The molecule has 27 heavy (non-hydrogen) atoms. The highest BCUT2D eigenvalue weighted by Crippen LogP contribution is 2.37. The lowest BCUT2D eigenvalue weighted by atomic mass is 10.0. The van der Waals surface area contributed by atoms with Crippen LogP contribution >= 0.6 is 23.2 Å². The predicted octanol–water partition coefficient (Wildman–Crippen LogP) is 1.30. The van der Waals surface area contributed by atoms with Crippen LogP contribution in [0.15, 0.2) is 41.4 Å². The molecule has 142 valence electrons. The zero-order valence-corrected chi connectivity index (χ0v) is 15.4. The number of carbonyl (C=O) groups is 1. The van der Waals surface area contributed by atoms with Crippen LogP contribution in [0, 0.1) is 0 Å². The Morgan fingerprint density at radius 2 is 1.85 bits per heavy atom. The highest BCUT2D eigenvalue weighted by atomic mass is 35.5. The van der Waals surface area contributed by atoms with Crippen molar-refractivity contribution in [3.05, 3.63) is 46.4 Å². The van der Waals surface area contributed by atoms with Crippen molar-refractivity contribution in [2.75, 3.05) is 17.2 Å². The maximum Gasteiger partial charge on any atom is 0.250 e. The van der Waals surface area contributed by atoms with E-state index in [1.54, 1.807) is 36.4 Å². The van der Waals surface area contributed by atoms with E-state index in [1.165, 1.54) is 0 Å². The molecular weight excluding hydrogens is 393 g/mol. The summed E-state index contributed by atoms with van der Waals surface area (Å²) < 4.78 is 0. The molecule has 11 heteroatoms. The van der Waals surface area contributed by atoms with Crippen LogP contribution in [0.25, 0.3) is 11.1 Å². The van der Waals surface area contributed by atoms with Gasteiger partial charge in [0.05, 0.1) is 10.0 Å². The van der Waals surface area contributed by atoms with Crippen LogP contribution in [0.2, 0.25) is 10.0 Å². The molecule has 0 aromatic heterocycles. The molecule has 1 heterocycles. The lowest BCUT2D eigenvalue weighted by molar-refractivity contribution is -0.118. The molecule has 1 amide bonds. The van der Waals surface area contributed by atoms with Gasteiger partial charge in [0.1, 0.15) is 6.61 Å². The first kappa shape index (κ1) is 19.4. The molecule has 2 aromatic carbocycles. The second kappa shape index (κ2) is 8.09. The zero-order chi connectivity index (χ0) is 19.6. The number of halogens is 2. The smallest absolute Gasteiger partial charge is 0.250 e. The molecular formula is C16H17Cl2N7O2. The van der Waals surface area contributed by atoms with E-state index in [2.05, 4.69) is 21.1 Å². The van der Waals surface area contributed by atoms with Crippen molar-refractivity contribution < 1.29 is 9.90 Å². The molecule has 1 unspecified atom stereocenters. The van der Waals surface area contributed by atoms with Crippen LogP contribution < -0.4 is 27.6 Å². The Morgan fingerprint density at radius 3 is 2.37 bits per heavy atom. The van der Waals surface area contributed by atoms with Crippen molar-refractivity contribution in [1.29, 1.82) is 0 Å². The van der Waals surface area contributed by atoms with Crippen LogP contribution in [0.1, 0.15) is 0 Å². The van der Waals surface area contributed by atoms with Crippen molar-refractivity contribution in [2.45, 2.75) is 6.29 Å². The van der Waals surface area contributed by atoms with Crippen molar-refractivity contribution in [3.63, 3.8) is 0 Å². The van der Waals surface area contributed by atoms with Crippen molar-refractivity contribution >= 4 is 46.4 Å². The van der Waals surface area contributed by atoms with Gasteiger partial charge in [0.2, 0.25) is 11.9 Å². The summed E-state index contributed by atoms with van der Waals surface area (Å²) in [4.78, 5) is 15.3. The summed E-state index contributed by atoms with van der Waals surface area (Å²) in [5, 5.41) is 16.3. The van der Waals surface area contributed by atoms with Crippen LogP contribution in [0.4, 0.5) is 11.4 Å². The SMILES string of the molecule is NC1N=C(Nc2cc(Cl)c(-c3ccc(NC(=O)CO)cc3)c(Cl)c2)NN1N. The largest absolute Gasteiger partial charge is 0.387 e. The summed E-state index contributed by atoms with van der Waals surface area (Å²) in [5.74, 6) is 5.46. The van der Waals surface area contributed by atoms with Gasteiger partial charge < -0.3 is 15.7 Å². The normalized spacial score (nSPS) is 16.6. The number of guanidine groups is 1. The number of carbonyl (C=O) groups excluding carboxylic acids is 1. The van der Waals surface area contributed by atoms with Gasteiger partial charge in [0.25, 0.3) is 0 Å². The van der Waals surface area contributed by atoms with Gasteiger partial charge in [-0.1, -0.05) is 35.3 Å². The Bertz CT molecular complexity index is 866. The number of benzene rings is 2. The van der Waals surface area contributed by atoms with E-state index in [-0.39, 0.29) is 0 Å². The van der Waals surface area contributed by atoms with E-state index in [4.69, 9.17) is 39.9 Å². The summed E-state index contributed by atoms with van der Waals surface area (Å²) in [6, 6.07) is 10.3. The maximum absolute atomic E-state index is 11.2. The lowest BCUT2D eigenvalue weighted by Crippen LogP contribution is -2.50. The van der Waals surface area contributed by atoms with E-state index in [9.17, 15) is 4.79 Å². The van der Waals surface area contributed by atoms with E-state index in [0.717, 1.165) is 10.7 Å². The minimum absolute atomic E-state index is 0.369. The second-order valence-electron chi connectivity index (χ2n) is 5.63. The van der Waals surface area contributed by atoms with Gasteiger partial charge in [-0.05, 0) is 29.8 Å². The van der Waals surface area contributed by atoms with Crippen LogP contribution in [0.3, 0.4) is 0 Å². The fourth-order valence-corrected chi connectivity index (χ4v) is 3.16. The molecule has 1 atom stereocenters. The number of hydrazine groups is 2. The number of amides is 1. The van der Waals surface area contributed by atoms with Gasteiger partial charge >= 0.3 is 0 Å². The number of nitrogens with two attached hydrogens (primary N) is 2. The molecule has 0 fully saturated rings. The molecule has 0 spiro atoms. The van der Waals surface area contributed by atoms with Crippen molar-refractivity contribution in [3.8, 4) is 11.1 Å². The van der Waals surface area contributed by atoms with Gasteiger partial charge in [0.15, 0.2) is 6.29 Å². The highest BCUT2D eigenvalue weighted by Gasteiger charge is 2.20. The summed E-state index contributed by atoms with van der Waals surface area (Å²) in [6.07, 6.45) is -0.692. The minimum atomic E-state index is -0.692. The molecule has 2 aromatic rings. The number of nitrogens with one attached hydrogen (secondary N) is 3. The number of anilines is 2. The van der Waals surface area contributed by atoms with Gasteiger partial charge in [-0.15, -0.1) is 5.12 Å². The molecule has 1 aliphatic heterocycles. The third-order valence-corrected chi connectivity index (χ3v) is 4.28. The first-order chi connectivity index (χ1) is 12.9. The molecule has 0 radical (unpaired) electrons. The fraction of sp³-hybridized carbons (Fsp3) is 0.125. The molecule has 9 nitrogen and oxygen atoms in total. The topological polar surface area (TPSA) is 141 Å². The third kappa shape index (κ3) is 4.48. The third-order valence-electron chi connectivity index (χ3n) is 3.69. The van der Waals surface area contributed by atoms with Crippen LogP contribution in [-0.2, 0) is 4.79 Å². The molecule has 8 N–H and O–H groups in total. The Balaban J connectivity index is 1.81. The number of nitrogens with zero attached hydrogens (tertiary/aromatic N) is 2. The zero-order valence-electron chi connectivity index (χ0n) is 13.9. The standard InChI is InChI=1S/C16H17Cl2N7O2/c17-11-5-10(22-16-23-15(19)25(20)24-16)6-12(18)14(11)8-1-3-9(4-2-8)21-13(27)7-26/h1-6,15,26H,7,19-20H2,(H,21,27)(H2,22,23,24). The fourth-order valence-electron chi connectivity index (χ4n) is 2.45. The van der Waals surface area contributed by atoms with E-state index in [1.807, 2.05) is 0 Å². The summed E-state index contributed by atoms with van der Waals surface area (Å²) in [7, 11) is 0. The quantitative estimate of drug-likeness (QED) is 0.417. The number of rotatable bonds is 4. The minimum Gasteiger partial charge on any atom is -0.387 e. The van der Waals surface area contributed by atoms with Crippen LogP contribution in [0.5, 0.6) is 0 Å². The Kier molecular flexibility index (Phi) is 5.80. The average molecular weight is 410 g/mol. The van der Waals surface area contributed by atoms with Crippen LogP contribution in [-0.4, -0.2) is 35.0 Å². The molecule has 0 bridgehead atoms. The average Bonchev–Trinajstić information content (AvgIpc) is 2.93. The monoisotopic (exact) mass is 409 g/mol. The number of aliphatic hydroxyl groups excluding tert-OH is 1. The highest BCUT2D eigenvalue weighted by molar-refractivity contribution is 6.39. The predicted molar refractivity (Wildman–Crippen MR) is 106 cm³/mol. The molecule has 0 saturated heterocycles.